The molecule has 0 fully saturated rings. The number of carbonyl (C=O) groups excluding carboxylic acids is 1. The van der Waals surface area contributed by atoms with E-state index < -0.39 is 0 Å². The zero-order valence-electron chi connectivity index (χ0n) is 8.66. The summed E-state index contributed by atoms with van der Waals surface area (Å²) in [5.74, 6) is -0.0913. The molecule has 1 unspecified atom stereocenters. The van der Waals surface area contributed by atoms with Crippen molar-refractivity contribution in [2.75, 3.05) is 6.54 Å². The molecule has 0 saturated carbocycles. The first-order valence-corrected chi connectivity index (χ1v) is 5.72. The van der Waals surface area contributed by atoms with Crippen molar-refractivity contribution < 1.29 is 4.79 Å². The largest absolute Gasteiger partial charge is 0.350 e. The van der Waals surface area contributed by atoms with Crippen LogP contribution in [0.3, 0.4) is 0 Å². The van der Waals surface area contributed by atoms with E-state index in [0.29, 0.717) is 12.1 Å². The Hall–Kier alpha value is -0.870. The van der Waals surface area contributed by atoms with E-state index in [4.69, 9.17) is 5.73 Å². The van der Waals surface area contributed by atoms with Crippen molar-refractivity contribution in [2.24, 2.45) is 5.73 Å². The number of amides is 1. The normalized spacial score (nSPS) is 12.2. The summed E-state index contributed by atoms with van der Waals surface area (Å²) in [5.41, 5.74) is 6.35. The topological polar surface area (TPSA) is 55.1 Å². The summed E-state index contributed by atoms with van der Waals surface area (Å²) in [6, 6.07) is 7.35. The fourth-order valence-electron chi connectivity index (χ4n) is 1.11. The van der Waals surface area contributed by atoms with Crippen molar-refractivity contribution in [3.63, 3.8) is 0 Å². The number of benzene rings is 1. The first-order chi connectivity index (χ1) is 7.15. The fraction of sp³-hybridized carbons (Fsp3) is 0.364. The van der Waals surface area contributed by atoms with Crippen LogP contribution >= 0.6 is 15.9 Å². The summed E-state index contributed by atoms with van der Waals surface area (Å²) in [6.45, 7) is 2.51. The molecule has 1 amide bonds. The van der Waals surface area contributed by atoms with Gasteiger partial charge >= 0.3 is 0 Å². The highest BCUT2D eigenvalue weighted by atomic mass is 79.9. The maximum atomic E-state index is 11.7. The molecule has 0 spiro atoms. The smallest absolute Gasteiger partial charge is 0.252 e. The highest BCUT2D eigenvalue weighted by molar-refractivity contribution is 9.10. The van der Waals surface area contributed by atoms with Crippen LogP contribution in [0.25, 0.3) is 0 Å². The van der Waals surface area contributed by atoms with Gasteiger partial charge in [0.2, 0.25) is 0 Å². The van der Waals surface area contributed by atoms with E-state index in [1.807, 2.05) is 25.1 Å². The lowest BCUT2D eigenvalue weighted by Gasteiger charge is -2.10. The lowest BCUT2D eigenvalue weighted by molar-refractivity contribution is 0.0950. The van der Waals surface area contributed by atoms with Gasteiger partial charge in [-0.15, -0.1) is 0 Å². The summed E-state index contributed by atoms with van der Waals surface area (Å²) in [5, 5.41) is 2.80. The SMILES string of the molecule is CCC(N)CNC(=O)c1ccccc1Br. The van der Waals surface area contributed by atoms with E-state index in [-0.39, 0.29) is 11.9 Å². The quantitative estimate of drug-likeness (QED) is 0.879. The average Bonchev–Trinajstić information content (AvgIpc) is 2.26. The minimum atomic E-state index is -0.0913. The third kappa shape index (κ3) is 3.64. The van der Waals surface area contributed by atoms with Gasteiger partial charge in [-0.2, -0.15) is 0 Å². The lowest BCUT2D eigenvalue weighted by Crippen LogP contribution is -2.36. The van der Waals surface area contributed by atoms with Gasteiger partial charge in [0.15, 0.2) is 0 Å². The number of nitrogens with one attached hydrogen (secondary N) is 1. The van der Waals surface area contributed by atoms with E-state index in [0.717, 1.165) is 10.9 Å². The summed E-state index contributed by atoms with van der Waals surface area (Å²) >= 11 is 3.33. The van der Waals surface area contributed by atoms with Crippen LogP contribution in [0.5, 0.6) is 0 Å². The molecule has 1 rings (SSSR count). The fourth-order valence-corrected chi connectivity index (χ4v) is 1.57. The van der Waals surface area contributed by atoms with Gasteiger partial charge in [-0.25, -0.2) is 0 Å². The van der Waals surface area contributed by atoms with Crippen molar-refractivity contribution in [2.45, 2.75) is 19.4 Å². The molecule has 0 radical (unpaired) electrons. The molecule has 1 aromatic rings. The first-order valence-electron chi connectivity index (χ1n) is 4.93. The Morgan fingerprint density at radius 1 is 1.53 bits per heavy atom. The molecular formula is C11H15BrN2O. The Morgan fingerprint density at radius 3 is 2.80 bits per heavy atom. The second kappa shape index (κ2) is 5.88. The molecule has 82 valence electrons. The molecule has 1 atom stereocenters. The maximum Gasteiger partial charge on any atom is 0.252 e. The Balaban J connectivity index is 2.58. The molecular weight excluding hydrogens is 256 g/mol. The highest BCUT2D eigenvalue weighted by Crippen LogP contribution is 2.15. The van der Waals surface area contributed by atoms with Gasteiger partial charge in [-0.05, 0) is 34.5 Å². The van der Waals surface area contributed by atoms with Crippen LogP contribution < -0.4 is 11.1 Å². The molecule has 0 bridgehead atoms. The molecule has 3 N–H and O–H groups in total. The Labute approximate surface area is 98.2 Å². The number of carbonyl (C=O) groups is 1. The molecule has 0 aliphatic rings. The van der Waals surface area contributed by atoms with E-state index in [2.05, 4.69) is 21.2 Å². The predicted molar refractivity (Wildman–Crippen MR) is 64.7 cm³/mol. The molecule has 0 aliphatic carbocycles. The van der Waals surface area contributed by atoms with Crippen LogP contribution in [0.15, 0.2) is 28.7 Å². The number of nitrogens with two attached hydrogens (primary N) is 1. The zero-order valence-corrected chi connectivity index (χ0v) is 10.3. The average molecular weight is 271 g/mol. The van der Waals surface area contributed by atoms with Crippen LogP contribution in [-0.4, -0.2) is 18.5 Å². The van der Waals surface area contributed by atoms with Crippen LogP contribution in [0, 0.1) is 0 Å². The van der Waals surface area contributed by atoms with Crippen molar-refractivity contribution in [1.82, 2.24) is 5.32 Å². The zero-order chi connectivity index (χ0) is 11.3. The van der Waals surface area contributed by atoms with Crippen LogP contribution in [0.1, 0.15) is 23.7 Å². The number of hydrogen-bond donors (Lipinski definition) is 2. The molecule has 0 saturated heterocycles. The van der Waals surface area contributed by atoms with Crippen LogP contribution in [0.2, 0.25) is 0 Å². The summed E-state index contributed by atoms with van der Waals surface area (Å²) in [7, 11) is 0. The van der Waals surface area contributed by atoms with Crippen LogP contribution in [0.4, 0.5) is 0 Å². The predicted octanol–water partition coefficient (Wildman–Crippen LogP) is 1.92. The summed E-state index contributed by atoms with van der Waals surface area (Å²) in [6.07, 6.45) is 0.857. The van der Waals surface area contributed by atoms with Gasteiger partial charge in [0, 0.05) is 17.1 Å². The Morgan fingerprint density at radius 2 is 2.20 bits per heavy atom. The monoisotopic (exact) mass is 270 g/mol. The van der Waals surface area contributed by atoms with Gasteiger partial charge < -0.3 is 11.1 Å². The van der Waals surface area contributed by atoms with Gasteiger partial charge in [-0.1, -0.05) is 19.1 Å². The Bertz CT molecular complexity index is 341. The van der Waals surface area contributed by atoms with Gasteiger partial charge in [-0.3, -0.25) is 4.79 Å². The minimum Gasteiger partial charge on any atom is -0.350 e. The number of hydrogen-bond acceptors (Lipinski definition) is 2. The van der Waals surface area contributed by atoms with Crippen molar-refractivity contribution in [3.05, 3.63) is 34.3 Å². The lowest BCUT2D eigenvalue weighted by atomic mass is 10.2. The van der Waals surface area contributed by atoms with E-state index in [9.17, 15) is 4.79 Å². The number of halogens is 1. The molecule has 0 aliphatic heterocycles. The van der Waals surface area contributed by atoms with E-state index >= 15 is 0 Å². The Kier molecular flexibility index (Phi) is 4.78. The van der Waals surface area contributed by atoms with Gasteiger partial charge in [0.05, 0.1) is 5.56 Å². The van der Waals surface area contributed by atoms with E-state index in [1.165, 1.54) is 0 Å². The van der Waals surface area contributed by atoms with E-state index in [1.54, 1.807) is 6.07 Å². The molecule has 4 heteroatoms. The third-order valence-corrected chi connectivity index (χ3v) is 2.86. The summed E-state index contributed by atoms with van der Waals surface area (Å²) in [4.78, 5) is 11.7. The van der Waals surface area contributed by atoms with Crippen LogP contribution in [-0.2, 0) is 0 Å². The minimum absolute atomic E-state index is 0.0245. The molecule has 1 aromatic carbocycles. The maximum absolute atomic E-state index is 11.7. The second-order valence-electron chi connectivity index (χ2n) is 3.36. The van der Waals surface area contributed by atoms with Crippen molar-refractivity contribution in [3.8, 4) is 0 Å². The molecule has 0 heterocycles. The second-order valence-corrected chi connectivity index (χ2v) is 4.21. The standard InChI is InChI=1S/C11H15BrN2O/c1-2-8(13)7-14-11(15)9-5-3-4-6-10(9)12/h3-6,8H,2,7,13H2,1H3,(H,14,15). The van der Waals surface area contributed by atoms with Crippen molar-refractivity contribution >= 4 is 21.8 Å². The highest BCUT2D eigenvalue weighted by Gasteiger charge is 2.09. The van der Waals surface area contributed by atoms with Gasteiger partial charge in [0.1, 0.15) is 0 Å². The molecule has 3 nitrogen and oxygen atoms in total. The number of rotatable bonds is 4. The molecule has 15 heavy (non-hydrogen) atoms. The summed E-state index contributed by atoms with van der Waals surface area (Å²) < 4.78 is 0.799. The van der Waals surface area contributed by atoms with Crippen molar-refractivity contribution in [1.29, 1.82) is 0 Å². The molecule has 0 aromatic heterocycles. The third-order valence-electron chi connectivity index (χ3n) is 2.17. The van der Waals surface area contributed by atoms with Gasteiger partial charge in [0.25, 0.3) is 5.91 Å². The first kappa shape index (κ1) is 12.2.